The van der Waals surface area contributed by atoms with E-state index in [1.807, 2.05) is 26.2 Å². The van der Waals surface area contributed by atoms with Crippen LogP contribution in [0.3, 0.4) is 0 Å². The second kappa shape index (κ2) is 9.37. The van der Waals surface area contributed by atoms with Gasteiger partial charge in [0.2, 0.25) is 5.88 Å². The number of benzene rings is 1. The van der Waals surface area contributed by atoms with E-state index in [0.717, 1.165) is 30.6 Å². The van der Waals surface area contributed by atoms with Crippen molar-refractivity contribution >= 4 is 11.6 Å². The number of fused-ring (bicyclic) bond motifs is 1. The molecule has 0 bridgehead atoms. The number of rotatable bonds is 7. The highest BCUT2D eigenvalue weighted by Gasteiger charge is 2.13. The van der Waals surface area contributed by atoms with E-state index >= 15 is 0 Å². The number of hydrogen-bond acceptors (Lipinski definition) is 4. The van der Waals surface area contributed by atoms with Gasteiger partial charge >= 0.3 is 0 Å². The quantitative estimate of drug-likeness (QED) is 0.581. The van der Waals surface area contributed by atoms with Crippen molar-refractivity contribution in [1.82, 2.24) is 9.88 Å². The number of nitrogens with zero attached hydrogens (tertiary/aromatic N) is 3. The molecule has 1 aliphatic carbocycles. The monoisotopic (exact) mass is 367 g/mol. The van der Waals surface area contributed by atoms with E-state index in [0.29, 0.717) is 25.0 Å². The van der Waals surface area contributed by atoms with Gasteiger partial charge in [-0.25, -0.2) is 9.98 Å². The Kier molecular flexibility index (Phi) is 6.65. The standard InChI is InChI=1S/C21H29N5O/c1-26(2)12-13-27-20-14-16(10-11-23-20)15-24-21(22)25-19-9-5-7-17-6-3-4-8-18(17)19/h5,7,9-11,14H,3-4,6,8,12-13,15H2,1-2H3,(H3,22,24,25). The topological polar surface area (TPSA) is 75.8 Å². The molecule has 0 spiro atoms. The SMILES string of the molecule is CN(C)CCOc1cc(CN=C(N)Nc2cccc3c2CCCC3)ccn1. The zero-order chi connectivity index (χ0) is 19.1. The molecule has 0 amide bonds. The van der Waals surface area contributed by atoms with Gasteiger partial charge < -0.3 is 20.7 Å². The highest BCUT2D eigenvalue weighted by molar-refractivity contribution is 5.93. The van der Waals surface area contributed by atoms with Gasteiger partial charge in [-0.1, -0.05) is 12.1 Å². The number of hydrogen-bond donors (Lipinski definition) is 2. The molecule has 6 heteroatoms. The summed E-state index contributed by atoms with van der Waals surface area (Å²) in [6, 6.07) is 10.2. The molecule has 144 valence electrons. The van der Waals surface area contributed by atoms with Crippen LogP contribution in [0.5, 0.6) is 5.88 Å². The molecule has 1 aliphatic rings. The number of likely N-dealkylation sites (N-methyl/N-ethyl adjacent to an activating group) is 1. The van der Waals surface area contributed by atoms with Gasteiger partial charge in [-0.15, -0.1) is 0 Å². The van der Waals surface area contributed by atoms with Crippen molar-refractivity contribution in [1.29, 1.82) is 0 Å². The molecule has 0 atom stereocenters. The first kappa shape index (κ1) is 19.2. The molecule has 0 fully saturated rings. The van der Waals surface area contributed by atoms with Crippen molar-refractivity contribution in [2.45, 2.75) is 32.2 Å². The van der Waals surface area contributed by atoms with Crippen LogP contribution in [0.25, 0.3) is 0 Å². The molecule has 0 radical (unpaired) electrons. The number of guanidine groups is 1. The van der Waals surface area contributed by atoms with Gasteiger partial charge in [0.15, 0.2) is 5.96 Å². The first-order chi connectivity index (χ1) is 13.1. The second-order valence-electron chi connectivity index (χ2n) is 7.13. The van der Waals surface area contributed by atoms with Crippen LogP contribution < -0.4 is 15.8 Å². The smallest absolute Gasteiger partial charge is 0.213 e. The average Bonchev–Trinajstić information content (AvgIpc) is 2.67. The van der Waals surface area contributed by atoms with Crippen LogP contribution >= 0.6 is 0 Å². The number of nitrogens with one attached hydrogen (secondary N) is 1. The van der Waals surface area contributed by atoms with Crippen LogP contribution in [-0.2, 0) is 19.4 Å². The predicted molar refractivity (Wildman–Crippen MR) is 110 cm³/mol. The van der Waals surface area contributed by atoms with Crippen LogP contribution in [0, 0.1) is 0 Å². The zero-order valence-corrected chi connectivity index (χ0v) is 16.2. The van der Waals surface area contributed by atoms with E-state index in [2.05, 4.69) is 38.4 Å². The Morgan fingerprint density at radius 1 is 1.26 bits per heavy atom. The van der Waals surface area contributed by atoms with Crippen LogP contribution in [0.4, 0.5) is 5.69 Å². The lowest BCUT2D eigenvalue weighted by Gasteiger charge is -2.19. The Morgan fingerprint density at radius 3 is 2.96 bits per heavy atom. The van der Waals surface area contributed by atoms with Crippen molar-refractivity contribution < 1.29 is 4.74 Å². The first-order valence-corrected chi connectivity index (χ1v) is 9.52. The van der Waals surface area contributed by atoms with Crippen LogP contribution in [0.15, 0.2) is 41.5 Å². The van der Waals surface area contributed by atoms with Crippen molar-refractivity contribution in [3.05, 3.63) is 53.2 Å². The molecule has 2 aromatic rings. The highest BCUT2D eigenvalue weighted by atomic mass is 16.5. The molecule has 6 nitrogen and oxygen atoms in total. The summed E-state index contributed by atoms with van der Waals surface area (Å²) in [6.45, 7) is 1.94. The molecule has 1 aromatic heterocycles. The number of aromatic nitrogens is 1. The number of aryl methyl sites for hydroxylation is 1. The number of pyridine rings is 1. The van der Waals surface area contributed by atoms with Crippen molar-refractivity contribution in [2.24, 2.45) is 10.7 Å². The van der Waals surface area contributed by atoms with E-state index in [1.54, 1.807) is 6.20 Å². The van der Waals surface area contributed by atoms with Gasteiger partial charge in [0, 0.05) is 24.5 Å². The molecule has 3 rings (SSSR count). The summed E-state index contributed by atoms with van der Waals surface area (Å²) in [6.07, 6.45) is 6.49. The lowest BCUT2D eigenvalue weighted by Crippen LogP contribution is -2.24. The lowest BCUT2D eigenvalue weighted by atomic mass is 9.90. The minimum Gasteiger partial charge on any atom is -0.476 e. The summed E-state index contributed by atoms with van der Waals surface area (Å²) in [5.74, 6) is 1.05. The van der Waals surface area contributed by atoms with Crippen LogP contribution in [-0.4, -0.2) is 43.1 Å². The summed E-state index contributed by atoms with van der Waals surface area (Å²) in [7, 11) is 4.03. The van der Waals surface area contributed by atoms with Gasteiger partial charge in [-0.05, 0) is 68.6 Å². The molecular weight excluding hydrogens is 338 g/mol. The lowest BCUT2D eigenvalue weighted by molar-refractivity contribution is 0.253. The maximum Gasteiger partial charge on any atom is 0.213 e. The third-order valence-corrected chi connectivity index (χ3v) is 4.68. The second-order valence-corrected chi connectivity index (χ2v) is 7.13. The summed E-state index contributed by atoms with van der Waals surface area (Å²) in [5, 5.41) is 3.28. The van der Waals surface area contributed by atoms with Gasteiger partial charge in [0.05, 0.1) is 6.54 Å². The molecule has 27 heavy (non-hydrogen) atoms. The fraction of sp³-hybridized carbons (Fsp3) is 0.429. The summed E-state index contributed by atoms with van der Waals surface area (Å²) < 4.78 is 5.67. The Labute approximate surface area is 161 Å². The minimum atomic E-state index is 0.431. The average molecular weight is 367 g/mol. The molecule has 1 aromatic carbocycles. The summed E-state index contributed by atoms with van der Waals surface area (Å²) >= 11 is 0. The van der Waals surface area contributed by atoms with Crippen LogP contribution in [0.2, 0.25) is 0 Å². The third-order valence-electron chi connectivity index (χ3n) is 4.68. The summed E-state index contributed by atoms with van der Waals surface area (Å²) in [4.78, 5) is 10.8. The maximum atomic E-state index is 6.12. The highest BCUT2D eigenvalue weighted by Crippen LogP contribution is 2.27. The third kappa shape index (κ3) is 5.69. The van der Waals surface area contributed by atoms with Gasteiger partial charge in [-0.2, -0.15) is 0 Å². The van der Waals surface area contributed by atoms with Crippen molar-refractivity contribution in [3.8, 4) is 5.88 Å². The van der Waals surface area contributed by atoms with E-state index in [-0.39, 0.29) is 0 Å². The largest absolute Gasteiger partial charge is 0.476 e. The molecule has 3 N–H and O–H groups in total. The van der Waals surface area contributed by atoms with Crippen molar-refractivity contribution in [3.63, 3.8) is 0 Å². The number of anilines is 1. The Balaban J connectivity index is 1.59. The fourth-order valence-electron chi connectivity index (χ4n) is 3.21. The minimum absolute atomic E-state index is 0.431. The maximum absolute atomic E-state index is 6.12. The molecule has 0 saturated heterocycles. The zero-order valence-electron chi connectivity index (χ0n) is 16.2. The van der Waals surface area contributed by atoms with Crippen molar-refractivity contribution in [2.75, 3.05) is 32.6 Å². The van der Waals surface area contributed by atoms with Gasteiger partial charge in [0.25, 0.3) is 0 Å². The molecule has 0 unspecified atom stereocenters. The van der Waals surface area contributed by atoms with E-state index < -0.39 is 0 Å². The Morgan fingerprint density at radius 2 is 2.11 bits per heavy atom. The Hall–Kier alpha value is -2.60. The van der Waals surface area contributed by atoms with E-state index in [1.165, 1.54) is 24.0 Å². The molecular formula is C21H29N5O. The predicted octanol–water partition coefficient (Wildman–Crippen LogP) is 2.83. The van der Waals surface area contributed by atoms with Gasteiger partial charge in [0.1, 0.15) is 6.61 Å². The number of ether oxygens (including phenoxy) is 1. The fourth-order valence-corrected chi connectivity index (χ4v) is 3.21. The summed E-state index contributed by atoms with van der Waals surface area (Å²) in [5.41, 5.74) is 11.0. The van der Waals surface area contributed by atoms with E-state index in [9.17, 15) is 0 Å². The Bertz CT molecular complexity index is 788. The first-order valence-electron chi connectivity index (χ1n) is 9.52. The van der Waals surface area contributed by atoms with Gasteiger partial charge in [-0.3, -0.25) is 0 Å². The number of nitrogens with two attached hydrogens (primary N) is 1. The van der Waals surface area contributed by atoms with Crippen LogP contribution in [0.1, 0.15) is 29.5 Å². The normalized spacial score (nSPS) is 14.1. The molecule has 0 aliphatic heterocycles. The molecule has 1 heterocycles. The van der Waals surface area contributed by atoms with E-state index in [4.69, 9.17) is 10.5 Å². The molecule has 0 saturated carbocycles. The number of aliphatic imine (C=N–C) groups is 1.